The van der Waals surface area contributed by atoms with E-state index in [2.05, 4.69) is 10.7 Å². The highest BCUT2D eigenvalue weighted by atomic mass is 35.5. The summed E-state index contributed by atoms with van der Waals surface area (Å²) in [4.78, 5) is 11.0. The quantitative estimate of drug-likeness (QED) is 0.474. The van der Waals surface area contributed by atoms with Gasteiger partial charge in [-0.25, -0.2) is 4.79 Å². The summed E-state index contributed by atoms with van der Waals surface area (Å²) in [5.74, 6) is 1.68. The molecule has 0 saturated heterocycles. The fourth-order valence-corrected chi connectivity index (χ4v) is 1.97. The lowest BCUT2D eigenvalue weighted by molar-refractivity contribution is -0.136. The van der Waals surface area contributed by atoms with Gasteiger partial charge in [-0.15, -0.1) is 17.8 Å². The van der Waals surface area contributed by atoms with Crippen molar-refractivity contribution in [3.63, 3.8) is 0 Å². The monoisotopic (exact) mass is 260 g/mol. The number of hydrogen-bond donors (Lipinski definition) is 0. The molecule has 15 heavy (non-hydrogen) atoms. The first kappa shape index (κ1) is 12.1. The van der Waals surface area contributed by atoms with Gasteiger partial charge in [0.1, 0.15) is 4.34 Å². The molecule has 0 amide bonds. The molecule has 0 bridgehead atoms. The van der Waals surface area contributed by atoms with Crippen molar-refractivity contribution in [1.82, 2.24) is 0 Å². The molecule has 2 nitrogen and oxygen atoms in total. The summed E-state index contributed by atoms with van der Waals surface area (Å²) in [6.45, 7) is -0.0404. The third-order valence-corrected chi connectivity index (χ3v) is 3.27. The van der Waals surface area contributed by atoms with Gasteiger partial charge in [0.2, 0.25) is 0 Å². The Balaban J connectivity index is 2.62. The number of halogens is 2. The fourth-order valence-electron chi connectivity index (χ4n) is 0.763. The number of carbonyl (C=O) groups excluding carboxylic acids is 1. The van der Waals surface area contributed by atoms with Gasteiger partial charge in [-0.1, -0.05) is 29.1 Å². The molecule has 0 aliphatic rings. The van der Waals surface area contributed by atoms with Crippen molar-refractivity contribution in [3.8, 4) is 12.3 Å². The molecule has 0 unspecified atom stereocenters. The Labute approximate surface area is 101 Å². The number of thiophene rings is 1. The van der Waals surface area contributed by atoms with E-state index in [0.29, 0.717) is 14.9 Å². The maximum Gasteiger partial charge on any atom is 0.331 e. The van der Waals surface area contributed by atoms with Crippen molar-refractivity contribution in [1.29, 1.82) is 0 Å². The van der Waals surface area contributed by atoms with E-state index in [-0.39, 0.29) is 6.61 Å². The molecule has 1 rings (SSSR count). The summed E-state index contributed by atoms with van der Waals surface area (Å²) in [5, 5.41) is 2.18. The Kier molecular flexibility index (Phi) is 4.70. The van der Waals surface area contributed by atoms with Crippen LogP contribution in [0, 0.1) is 12.3 Å². The largest absolute Gasteiger partial charge is 0.449 e. The molecule has 78 valence electrons. The second-order valence-corrected chi connectivity index (χ2v) is 4.28. The summed E-state index contributed by atoms with van der Waals surface area (Å²) >= 11 is 12.9. The first-order valence-corrected chi connectivity index (χ1v) is 5.49. The highest BCUT2D eigenvalue weighted by Gasteiger charge is 2.05. The number of hydrogen-bond acceptors (Lipinski definition) is 3. The van der Waals surface area contributed by atoms with Crippen LogP contribution in [0.25, 0.3) is 6.08 Å². The predicted octanol–water partition coefficient (Wildman–Crippen LogP) is 3.24. The Hall–Kier alpha value is -0.950. The van der Waals surface area contributed by atoms with Crippen LogP contribution in [0.2, 0.25) is 9.36 Å². The zero-order valence-corrected chi connectivity index (χ0v) is 9.83. The normalized spacial score (nSPS) is 10.2. The molecule has 0 saturated carbocycles. The number of ether oxygens (including phenoxy) is 1. The van der Waals surface area contributed by atoms with Crippen LogP contribution < -0.4 is 0 Å². The topological polar surface area (TPSA) is 26.3 Å². The van der Waals surface area contributed by atoms with Gasteiger partial charge in [0, 0.05) is 17.0 Å². The van der Waals surface area contributed by atoms with Gasteiger partial charge in [0.15, 0.2) is 6.61 Å². The van der Waals surface area contributed by atoms with Crippen molar-refractivity contribution in [2.75, 3.05) is 6.61 Å². The maximum atomic E-state index is 11.0. The second kappa shape index (κ2) is 5.82. The lowest BCUT2D eigenvalue weighted by Gasteiger charge is -1.93. The summed E-state index contributed by atoms with van der Waals surface area (Å²) in [7, 11) is 0. The first-order chi connectivity index (χ1) is 7.15. The lowest BCUT2D eigenvalue weighted by Crippen LogP contribution is -1.99. The standard InChI is InChI=1S/C10H6Cl2O2S/c1-2-5-14-8(13)4-3-7-6-15-10(12)9(7)11/h1,3-4,6H,5H2/b4-3+. The van der Waals surface area contributed by atoms with Gasteiger partial charge in [-0.05, 0) is 6.08 Å². The number of esters is 1. The molecule has 0 N–H and O–H groups in total. The molecule has 0 aromatic carbocycles. The van der Waals surface area contributed by atoms with Gasteiger partial charge in [0.25, 0.3) is 0 Å². The summed E-state index contributed by atoms with van der Waals surface area (Å²) in [5.41, 5.74) is 0.685. The van der Waals surface area contributed by atoms with E-state index in [4.69, 9.17) is 29.6 Å². The molecule has 0 fully saturated rings. The van der Waals surface area contributed by atoms with Crippen LogP contribution in [0.5, 0.6) is 0 Å². The molecular weight excluding hydrogens is 255 g/mol. The molecular formula is C10H6Cl2O2S. The van der Waals surface area contributed by atoms with Crippen LogP contribution in [0.1, 0.15) is 5.56 Å². The minimum Gasteiger partial charge on any atom is -0.449 e. The van der Waals surface area contributed by atoms with Crippen LogP contribution in [0.15, 0.2) is 11.5 Å². The molecule has 0 spiro atoms. The SMILES string of the molecule is C#CCOC(=O)/C=C/c1csc(Cl)c1Cl. The van der Waals surface area contributed by atoms with E-state index in [1.807, 2.05) is 0 Å². The highest BCUT2D eigenvalue weighted by Crippen LogP contribution is 2.32. The average molecular weight is 261 g/mol. The Morgan fingerprint density at radius 2 is 2.40 bits per heavy atom. The van der Waals surface area contributed by atoms with Gasteiger partial charge in [0.05, 0.1) is 5.02 Å². The predicted molar refractivity (Wildman–Crippen MR) is 63.2 cm³/mol. The highest BCUT2D eigenvalue weighted by molar-refractivity contribution is 7.15. The maximum absolute atomic E-state index is 11.0. The molecule has 0 aliphatic heterocycles. The lowest BCUT2D eigenvalue weighted by atomic mass is 10.3. The van der Waals surface area contributed by atoms with Gasteiger partial charge in [-0.2, -0.15) is 0 Å². The van der Waals surface area contributed by atoms with E-state index in [1.54, 1.807) is 5.38 Å². The number of rotatable bonds is 3. The third-order valence-electron chi connectivity index (χ3n) is 1.41. The second-order valence-electron chi connectivity index (χ2n) is 2.42. The van der Waals surface area contributed by atoms with Crippen LogP contribution in [0.3, 0.4) is 0 Å². The van der Waals surface area contributed by atoms with Gasteiger partial charge >= 0.3 is 5.97 Å². The third kappa shape index (κ3) is 3.60. The zero-order chi connectivity index (χ0) is 11.3. The average Bonchev–Trinajstić information content (AvgIpc) is 2.54. The van der Waals surface area contributed by atoms with Gasteiger partial charge < -0.3 is 4.74 Å². The van der Waals surface area contributed by atoms with Crippen LogP contribution in [-0.4, -0.2) is 12.6 Å². The molecule has 0 aliphatic carbocycles. The van der Waals surface area contributed by atoms with E-state index >= 15 is 0 Å². The Morgan fingerprint density at radius 1 is 1.67 bits per heavy atom. The van der Waals surface area contributed by atoms with Crippen molar-refractivity contribution < 1.29 is 9.53 Å². The summed E-state index contributed by atoms with van der Waals surface area (Å²) in [6, 6.07) is 0. The van der Waals surface area contributed by atoms with Crippen molar-refractivity contribution in [2.45, 2.75) is 0 Å². The van der Waals surface area contributed by atoms with Crippen LogP contribution >= 0.6 is 34.5 Å². The Bertz CT molecular complexity index is 429. The minimum atomic E-state index is -0.508. The van der Waals surface area contributed by atoms with Crippen molar-refractivity contribution in [3.05, 3.63) is 26.4 Å². The zero-order valence-electron chi connectivity index (χ0n) is 7.50. The molecule has 1 heterocycles. The first-order valence-electron chi connectivity index (χ1n) is 3.86. The van der Waals surface area contributed by atoms with Gasteiger partial charge in [-0.3, -0.25) is 0 Å². The smallest absolute Gasteiger partial charge is 0.331 e. The molecule has 0 radical (unpaired) electrons. The number of terminal acetylenes is 1. The van der Waals surface area contributed by atoms with Crippen molar-refractivity contribution in [2.24, 2.45) is 0 Å². The molecule has 1 aromatic rings. The minimum absolute atomic E-state index is 0.0404. The Morgan fingerprint density at radius 3 is 2.93 bits per heavy atom. The van der Waals surface area contributed by atoms with Crippen molar-refractivity contribution >= 4 is 46.6 Å². The van der Waals surface area contributed by atoms with Crippen LogP contribution in [-0.2, 0) is 9.53 Å². The van der Waals surface area contributed by atoms with E-state index in [9.17, 15) is 4.79 Å². The summed E-state index contributed by atoms with van der Waals surface area (Å²) < 4.78 is 5.12. The van der Waals surface area contributed by atoms with E-state index in [0.717, 1.165) is 0 Å². The molecule has 1 aromatic heterocycles. The van der Waals surface area contributed by atoms with E-state index in [1.165, 1.54) is 23.5 Å². The van der Waals surface area contributed by atoms with E-state index < -0.39 is 5.97 Å². The van der Waals surface area contributed by atoms with Crippen LogP contribution in [0.4, 0.5) is 0 Å². The summed E-state index contributed by atoms with van der Waals surface area (Å²) in [6.07, 6.45) is 7.71. The molecule has 5 heteroatoms. The molecule has 0 atom stereocenters. The fraction of sp³-hybridized carbons (Fsp3) is 0.100. The number of carbonyl (C=O) groups is 1.